The van der Waals surface area contributed by atoms with Crippen LogP contribution in [0.2, 0.25) is 0 Å². The highest BCUT2D eigenvalue weighted by molar-refractivity contribution is 9.10. The molecule has 9 heteroatoms. The third-order valence-corrected chi connectivity index (χ3v) is 3.76. The molecule has 0 bridgehead atoms. The van der Waals surface area contributed by atoms with Gasteiger partial charge in [0.25, 0.3) is 0 Å². The highest BCUT2D eigenvalue weighted by Crippen LogP contribution is 2.30. The molecule has 0 aromatic carbocycles. The molecule has 1 aliphatic heterocycles. The number of hydrogen-bond acceptors (Lipinski definition) is 5. The summed E-state index contributed by atoms with van der Waals surface area (Å²) in [4.78, 5) is 53.1. The maximum absolute atomic E-state index is 12.0. The molecule has 0 radical (unpaired) electrons. The third kappa shape index (κ3) is 2.71. The van der Waals surface area contributed by atoms with Gasteiger partial charge in [-0.05, 0) is 40.9 Å². The van der Waals surface area contributed by atoms with E-state index in [1.165, 1.54) is 6.20 Å². The van der Waals surface area contributed by atoms with Crippen molar-refractivity contribution in [2.45, 2.75) is 18.9 Å². The van der Waals surface area contributed by atoms with Gasteiger partial charge in [0, 0.05) is 16.7 Å². The van der Waals surface area contributed by atoms with Gasteiger partial charge in [-0.3, -0.25) is 19.3 Å². The topological polar surface area (TPSA) is 99.7 Å². The lowest BCUT2D eigenvalue weighted by molar-refractivity contribution is -0.143. The third-order valence-electron chi connectivity index (χ3n) is 3.29. The Hall–Kier alpha value is -2.29. The van der Waals surface area contributed by atoms with Gasteiger partial charge in [-0.15, -0.1) is 0 Å². The number of imide groups is 2. The second-order valence-corrected chi connectivity index (χ2v) is 5.91. The number of halogens is 1. The molecular weight excluding hydrogens is 356 g/mol. The second-order valence-electron chi connectivity index (χ2n) is 4.99. The molecule has 8 nitrogen and oxygen atoms in total. The fourth-order valence-corrected chi connectivity index (χ4v) is 2.33. The molecule has 1 aliphatic carbocycles. The van der Waals surface area contributed by atoms with Gasteiger partial charge in [-0.1, -0.05) is 0 Å². The van der Waals surface area contributed by atoms with Gasteiger partial charge in [0.15, 0.2) is 0 Å². The first-order chi connectivity index (χ1) is 10.5. The van der Waals surface area contributed by atoms with Crippen molar-refractivity contribution in [3.63, 3.8) is 0 Å². The maximum atomic E-state index is 12.0. The van der Waals surface area contributed by atoms with Crippen molar-refractivity contribution in [1.82, 2.24) is 14.8 Å². The van der Waals surface area contributed by atoms with Crippen LogP contribution in [0, 0.1) is 0 Å². The van der Waals surface area contributed by atoms with Crippen molar-refractivity contribution in [3.05, 3.63) is 22.8 Å². The molecule has 2 fully saturated rings. The Labute approximate surface area is 133 Å². The van der Waals surface area contributed by atoms with Crippen LogP contribution in [0.1, 0.15) is 12.8 Å². The number of carbonyl (C=O) groups excluding carboxylic acids is 4. The van der Waals surface area contributed by atoms with Crippen LogP contribution in [0.5, 0.6) is 0 Å². The monoisotopic (exact) mass is 366 g/mol. The van der Waals surface area contributed by atoms with Gasteiger partial charge in [-0.25, -0.2) is 14.7 Å². The average molecular weight is 367 g/mol. The average Bonchev–Trinajstić information content (AvgIpc) is 3.28. The first-order valence-corrected chi connectivity index (χ1v) is 7.37. The van der Waals surface area contributed by atoms with Gasteiger partial charge in [0.1, 0.15) is 12.4 Å². The van der Waals surface area contributed by atoms with Crippen LogP contribution < -0.4 is 5.32 Å². The van der Waals surface area contributed by atoms with E-state index in [-0.39, 0.29) is 11.9 Å². The first-order valence-electron chi connectivity index (χ1n) is 6.58. The summed E-state index contributed by atoms with van der Waals surface area (Å²) in [7, 11) is 0. The van der Waals surface area contributed by atoms with Crippen LogP contribution in [-0.2, 0) is 14.4 Å². The van der Waals surface area contributed by atoms with Crippen molar-refractivity contribution < 1.29 is 19.2 Å². The molecule has 3 rings (SSSR count). The van der Waals surface area contributed by atoms with E-state index in [9.17, 15) is 19.2 Å². The number of nitrogens with zero attached hydrogens (tertiary/aromatic N) is 3. The van der Waals surface area contributed by atoms with Crippen molar-refractivity contribution in [2.24, 2.45) is 0 Å². The van der Waals surface area contributed by atoms with Crippen molar-refractivity contribution in [1.29, 1.82) is 0 Å². The summed E-state index contributed by atoms with van der Waals surface area (Å²) in [6, 6.07) is 2.33. The maximum Gasteiger partial charge on any atom is 0.334 e. The lowest BCUT2D eigenvalue weighted by Gasteiger charge is -2.14. The molecule has 0 unspecified atom stereocenters. The van der Waals surface area contributed by atoms with Crippen LogP contribution in [0.25, 0.3) is 0 Å². The minimum atomic E-state index is -0.962. The summed E-state index contributed by atoms with van der Waals surface area (Å²) in [5, 5.41) is 2.46. The van der Waals surface area contributed by atoms with Gasteiger partial charge in [0.05, 0.1) is 0 Å². The van der Waals surface area contributed by atoms with E-state index >= 15 is 0 Å². The lowest BCUT2D eigenvalue weighted by Crippen LogP contribution is -2.39. The predicted molar refractivity (Wildman–Crippen MR) is 77.5 cm³/mol. The van der Waals surface area contributed by atoms with Gasteiger partial charge >= 0.3 is 17.8 Å². The minimum absolute atomic E-state index is 0.204. The largest absolute Gasteiger partial charge is 0.334 e. The molecule has 2 aliphatic rings. The predicted octanol–water partition coefficient (Wildman–Crippen LogP) is 0.736. The fourth-order valence-electron chi connectivity index (χ4n) is 2.09. The van der Waals surface area contributed by atoms with Crippen LogP contribution in [0.15, 0.2) is 22.8 Å². The highest BCUT2D eigenvalue weighted by Gasteiger charge is 2.51. The van der Waals surface area contributed by atoms with E-state index in [0.717, 1.165) is 9.37 Å². The molecule has 0 spiro atoms. The smallest absolute Gasteiger partial charge is 0.309 e. The van der Waals surface area contributed by atoms with Gasteiger partial charge in [0.2, 0.25) is 5.91 Å². The normalized spacial score (nSPS) is 18.1. The summed E-state index contributed by atoms with van der Waals surface area (Å²) in [5.74, 6) is -2.13. The van der Waals surface area contributed by atoms with Crippen molar-refractivity contribution >= 4 is 45.5 Å². The molecular formula is C13H11BrN4O4. The molecule has 1 aromatic rings. The zero-order valence-corrected chi connectivity index (χ0v) is 12.9. The molecule has 1 saturated carbocycles. The van der Waals surface area contributed by atoms with E-state index in [4.69, 9.17) is 0 Å². The Morgan fingerprint density at radius 2 is 2.00 bits per heavy atom. The summed E-state index contributed by atoms with van der Waals surface area (Å²) >= 11 is 3.22. The number of anilines is 1. The Morgan fingerprint density at radius 3 is 2.59 bits per heavy atom. The molecule has 5 amide bonds. The number of rotatable bonds is 4. The fraction of sp³-hybridized carbons (Fsp3) is 0.308. The SMILES string of the molecule is O=C(CN1C(=O)C(=O)N(C2CC2)C1=O)Nc1ccc(Br)cn1. The molecule has 0 atom stereocenters. The van der Waals surface area contributed by atoms with E-state index in [2.05, 4.69) is 26.2 Å². The molecule has 1 saturated heterocycles. The Balaban J connectivity index is 1.66. The number of pyridine rings is 1. The highest BCUT2D eigenvalue weighted by atomic mass is 79.9. The van der Waals surface area contributed by atoms with Gasteiger partial charge in [-0.2, -0.15) is 0 Å². The van der Waals surface area contributed by atoms with E-state index in [1.54, 1.807) is 12.1 Å². The van der Waals surface area contributed by atoms with Gasteiger partial charge < -0.3 is 5.32 Å². The van der Waals surface area contributed by atoms with E-state index < -0.39 is 30.3 Å². The number of amides is 5. The molecule has 1 N–H and O–H groups in total. The molecule has 22 heavy (non-hydrogen) atoms. The molecule has 114 valence electrons. The minimum Gasteiger partial charge on any atom is -0.309 e. The van der Waals surface area contributed by atoms with E-state index in [0.29, 0.717) is 17.7 Å². The van der Waals surface area contributed by atoms with E-state index in [1.807, 2.05) is 0 Å². The second kappa shape index (κ2) is 5.48. The number of aromatic nitrogens is 1. The zero-order chi connectivity index (χ0) is 15.9. The standard InChI is InChI=1S/C13H11BrN4O4/c14-7-1-4-9(15-5-7)16-10(19)6-17-11(20)12(21)18(13(17)22)8-2-3-8/h1,4-5,8H,2-3,6H2,(H,15,16,19). The van der Waals surface area contributed by atoms with Crippen molar-refractivity contribution in [2.75, 3.05) is 11.9 Å². The van der Waals surface area contributed by atoms with Crippen LogP contribution in [-0.4, -0.2) is 51.1 Å². The number of urea groups is 1. The molecule has 1 aromatic heterocycles. The lowest BCUT2D eigenvalue weighted by atomic mass is 10.4. The van der Waals surface area contributed by atoms with Crippen LogP contribution >= 0.6 is 15.9 Å². The Bertz CT molecular complexity index is 671. The van der Waals surface area contributed by atoms with Crippen LogP contribution in [0.4, 0.5) is 10.6 Å². The zero-order valence-electron chi connectivity index (χ0n) is 11.3. The number of nitrogens with one attached hydrogen (secondary N) is 1. The first kappa shape index (κ1) is 14.6. The molecule has 2 heterocycles. The Morgan fingerprint density at radius 1 is 1.27 bits per heavy atom. The summed E-state index contributed by atoms with van der Waals surface area (Å²) in [5.41, 5.74) is 0. The quantitative estimate of drug-likeness (QED) is 0.625. The summed E-state index contributed by atoms with van der Waals surface area (Å²) in [6.07, 6.45) is 2.90. The number of hydrogen-bond donors (Lipinski definition) is 1. The van der Waals surface area contributed by atoms with Crippen molar-refractivity contribution in [3.8, 4) is 0 Å². The Kier molecular flexibility index (Phi) is 3.65. The summed E-state index contributed by atoms with van der Waals surface area (Å²) in [6.45, 7) is -0.510. The number of carbonyl (C=O) groups is 4. The van der Waals surface area contributed by atoms with Crippen LogP contribution in [0.3, 0.4) is 0 Å². The summed E-state index contributed by atoms with van der Waals surface area (Å²) < 4.78 is 0.751.